The van der Waals surface area contributed by atoms with Crippen molar-refractivity contribution in [2.75, 3.05) is 6.61 Å². The second-order valence-electron chi connectivity index (χ2n) is 7.34. The second kappa shape index (κ2) is 13.1. The van der Waals surface area contributed by atoms with Gasteiger partial charge in [0.2, 0.25) is 0 Å². The molecule has 0 aromatic heterocycles. The van der Waals surface area contributed by atoms with E-state index in [1.54, 1.807) is 30.3 Å². The molecule has 30 heavy (non-hydrogen) atoms. The van der Waals surface area contributed by atoms with Crippen LogP contribution in [0.2, 0.25) is 0 Å². The summed E-state index contributed by atoms with van der Waals surface area (Å²) >= 11 is 3.47. The molecule has 0 amide bonds. The van der Waals surface area contributed by atoms with Crippen LogP contribution in [-0.2, 0) is 6.42 Å². The number of benzene rings is 2. The van der Waals surface area contributed by atoms with Gasteiger partial charge in [0.05, 0.1) is 22.2 Å². The number of carbonyl (C=O) groups is 1. The van der Waals surface area contributed by atoms with Gasteiger partial charge in [0, 0.05) is 0 Å². The summed E-state index contributed by atoms with van der Waals surface area (Å²) in [5.41, 5.74) is 1.85. The third-order valence-electron chi connectivity index (χ3n) is 4.86. The number of ether oxygens (including phenoxy) is 2. The van der Waals surface area contributed by atoms with E-state index in [1.807, 2.05) is 6.07 Å². The lowest BCUT2D eigenvalue weighted by atomic mass is 10.1. The quantitative estimate of drug-likeness (QED) is 0.186. The Morgan fingerprint density at radius 1 is 0.967 bits per heavy atom. The zero-order valence-corrected chi connectivity index (χ0v) is 19.5. The van der Waals surface area contributed by atoms with Gasteiger partial charge in [-0.3, -0.25) is 0 Å². The first-order chi connectivity index (χ1) is 14.6. The minimum absolute atomic E-state index is 0.284. The standard InChI is InChI=1S/C25H30BrNO3/c1-3-5-7-8-9-15-29-24-14-12-20(17-22(24)26)25(28)30-23-13-11-19(10-6-4-2)16-21(23)18-27/h11-14,16-17H,3-10,15H2,1-2H3. The maximum absolute atomic E-state index is 12.6. The van der Waals surface area contributed by atoms with E-state index in [9.17, 15) is 10.1 Å². The Kier molecular flexibility index (Phi) is 10.4. The molecular formula is C25H30BrNO3. The number of esters is 1. The van der Waals surface area contributed by atoms with Gasteiger partial charge < -0.3 is 9.47 Å². The molecule has 0 saturated heterocycles. The average Bonchev–Trinajstić information content (AvgIpc) is 2.76. The van der Waals surface area contributed by atoms with Gasteiger partial charge in [0.1, 0.15) is 17.6 Å². The molecule has 160 valence electrons. The fourth-order valence-electron chi connectivity index (χ4n) is 3.08. The summed E-state index contributed by atoms with van der Waals surface area (Å²) in [6.45, 7) is 4.98. The molecule has 4 nitrogen and oxygen atoms in total. The van der Waals surface area contributed by atoms with Crippen LogP contribution in [0.25, 0.3) is 0 Å². The molecule has 5 heteroatoms. The van der Waals surface area contributed by atoms with Crippen LogP contribution in [0.1, 0.15) is 80.3 Å². The normalized spacial score (nSPS) is 10.5. The molecule has 0 unspecified atom stereocenters. The summed E-state index contributed by atoms with van der Waals surface area (Å²) in [6.07, 6.45) is 8.95. The Morgan fingerprint density at radius 2 is 1.70 bits per heavy atom. The topological polar surface area (TPSA) is 59.3 Å². The van der Waals surface area contributed by atoms with E-state index in [0.29, 0.717) is 28.0 Å². The van der Waals surface area contributed by atoms with Crippen molar-refractivity contribution in [1.29, 1.82) is 5.26 Å². The van der Waals surface area contributed by atoms with E-state index in [0.717, 1.165) is 37.7 Å². The number of nitriles is 1. The molecule has 0 atom stereocenters. The fourth-order valence-corrected chi connectivity index (χ4v) is 3.57. The van der Waals surface area contributed by atoms with Gasteiger partial charge in [-0.15, -0.1) is 0 Å². The summed E-state index contributed by atoms with van der Waals surface area (Å²) in [7, 11) is 0. The Bertz CT molecular complexity index is 873. The van der Waals surface area contributed by atoms with Crippen molar-refractivity contribution in [2.24, 2.45) is 0 Å². The van der Waals surface area contributed by atoms with E-state index in [4.69, 9.17) is 9.47 Å². The van der Waals surface area contributed by atoms with Crippen molar-refractivity contribution in [3.05, 3.63) is 57.6 Å². The summed E-state index contributed by atoms with van der Waals surface area (Å²) in [5, 5.41) is 9.42. The Balaban J connectivity index is 1.97. The van der Waals surface area contributed by atoms with Crippen LogP contribution in [0.15, 0.2) is 40.9 Å². The van der Waals surface area contributed by atoms with Gasteiger partial charge in [-0.25, -0.2) is 4.79 Å². The molecular weight excluding hydrogens is 442 g/mol. The molecule has 0 spiro atoms. The van der Waals surface area contributed by atoms with Gasteiger partial charge in [-0.2, -0.15) is 5.26 Å². The van der Waals surface area contributed by atoms with Gasteiger partial charge in [0.15, 0.2) is 0 Å². The maximum Gasteiger partial charge on any atom is 0.343 e. The van der Waals surface area contributed by atoms with E-state index in [-0.39, 0.29) is 5.75 Å². The molecule has 0 saturated carbocycles. The van der Waals surface area contributed by atoms with E-state index in [1.165, 1.54) is 19.3 Å². The average molecular weight is 472 g/mol. The number of aryl methyl sites for hydroxylation is 1. The van der Waals surface area contributed by atoms with Gasteiger partial charge in [-0.05, 0) is 71.1 Å². The molecule has 2 rings (SSSR count). The highest BCUT2D eigenvalue weighted by atomic mass is 79.9. The van der Waals surface area contributed by atoms with Gasteiger partial charge in [-0.1, -0.05) is 52.0 Å². The molecule has 0 aliphatic carbocycles. The Morgan fingerprint density at radius 3 is 2.40 bits per heavy atom. The lowest BCUT2D eigenvalue weighted by molar-refractivity contribution is 0.0734. The summed E-state index contributed by atoms with van der Waals surface area (Å²) in [4.78, 5) is 12.6. The Labute approximate surface area is 188 Å². The number of unbranched alkanes of at least 4 members (excludes halogenated alkanes) is 5. The summed E-state index contributed by atoms with van der Waals surface area (Å²) in [6, 6.07) is 12.7. The zero-order valence-electron chi connectivity index (χ0n) is 17.9. The smallest absolute Gasteiger partial charge is 0.343 e. The van der Waals surface area contributed by atoms with Crippen LogP contribution in [0.4, 0.5) is 0 Å². The monoisotopic (exact) mass is 471 g/mol. The highest BCUT2D eigenvalue weighted by molar-refractivity contribution is 9.10. The third-order valence-corrected chi connectivity index (χ3v) is 5.48. The highest BCUT2D eigenvalue weighted by Crippen LogP contribution is 2.28. The first-order valence-corrected chi connectivity index (χ1v) is 11.6. The SMILES string of the molecule is CCCCCCCOc1ccc(C(=O)Oc2ccc(CCCC)cc2C#N)cc1Br. The number of halogens is 1. The number of hydrogen-bond donors (Lipinski definition) is 0. The molecule has 0 aliphatic heterocycles. The molecule has 0 fully saturated rings. The van der Waals surface area contributed by atoms with Crippen LogP contribution in [0.5, 0.6) is 11.5 Å². The third kappa shape index (κ3) is 7.50. The molecule has 0 bridgehead atoms. The van der Waals surface area contributed by atoms with Crippen molar-refractivity contribution in [2.45, 2.75) is 65.2 Å². The van der Waals surface area contributed by atoms with Gasteiger partial charge >= 0.3 is 5.97 Å². The highest BCUT2D eigenvalue weighted by Gasteiger charge is 2.14. The summed E-state index contributed by atoms with van der Waals surface area (Å²) in [5.74, 6) is 0.492. The lowest BCUT2D eigenvalue weighted by Crippen LogP contribution is -2.10. The molecule has 2 aromatic carbocycles. The maximum atomic E-state index is 12.6. The van der Waals surface area contributed by atoms with Crippen molar-refractivity contribution in [1.82, 2.24) is 0 Å². The fraction of sp³-hybridized carbons (Fsp3) is 0.440. The van der Waals surface area contributed by atoms with Crippen LogP contribution in [-0.4, -0.2) is 12.6 Å². The van der Waals surface area contributed by atoms with Crippen LogP contribution >= 0.6 is 15.9 Å². The van der Waals surface area contributed by atoms with Crippen LogP contribution in [0.3, 0.4) is 0 Å². The number of hydrogen-bond acceptors (Lipinski definition) is 4. The van der Waals surface area contributed by atoms with E-state index < -0.39 is 5.97 Å². The minimum atomic E-state index is -0.500. The number of nitrogens with zero attached hydrogens (tertiary/aromatic N) is 1. The Hall–Kier alpha value is -2.32. The lowest BCUT2D eigenvalue weighted by Gasteiger charge is -2.11. The molecule has 2 aromatic rings. The van der Waals surface area contributed by atoms with Crippen LogP contribution in [0, 0.1) is 11.3 Å². The minimum Gasteiger partial charge on any atom is -0.492 e. The predicted octanol–water partition coefficient (Wildman–Crippen LogP) is 7.23. The van der Waals surface area contributed by atoms with Gasteiger partial charge in [0.25, 0.3) is 0 Å². The van der Waals surface area contributed by atoms with Crippen molar-refractivity contribution >= 4 is 21.9 Å². The molecule has 0 N–H and O–H groups in total. The first kappa shape index (κ1) is 24.0. The number of rotatable bonds is 12. The zero-order chi connectivity index (χ0) is 21.8. The van der Waals surface area contributed by atoms with Crippen molar-refractivity contribution < 1.29 is 14.3 Å². The van der Waals surface area contributed by atoms with Crippen LogP contribution < -0.4 is 9.47 Å². The second-order valence-corrected chi connectivity index (χ2v) is 8.20. The van der Waals surface area contributed by atoms with E-state index >= 15 is 0 Å². The van der Waals surface area contributed by atoms with Crippen molar-refractivity contribution in [3.63, 3.8) is 0 Å². The molecule has 0 radical (unpaired) electrons. The largest absolute Gasteiger partial charge is 0.492 e. The summed E-state index contributed by atoms with van der Waals surface area (Å²) < 4.78 is 12.0. The molecule has 0 aliphatic rings. The first-order valence-electron chi connectivity index (χ1n) is 10.8. The number of carbonyl (C=O) groups excluding carboxylic acids is 1. The van der Waals surface area contributed by atoms with E-state index in [2.05, 4.69) is 35.8 Å². The predicted molar refractivity (Wildman–Crippen MR) is 123 cm³/mol. The molecule has 0 heterocycles. The van der Waals surface area contributed by atoms with Crippen molar-refractivity contribution in [3.8, 4) is 17.6 Å².